The van der Waals surface area contributed by atoms with Gasteiger partial charge in [0.2, 0.25) is 0 Å². The molecule has 2 heterocycles. The van der Waals surface area contributed by atoms with Crippen molar-refractivity contribution < 1.29 is 4.79 Å². The lowest BCUT2D eigenvalue weighted by Gasteiger charge is -2.05. The third-order valence-electron chi connectivity index (χ3n) is 3.17. The van der Waals surface area contributed by atoms with Gasteiger partial charge in [0.05, 0.1) is 28.8 Å². The minimum absolute atomic E-state index is 0.199. The Morgan fingerprint density at radius 1 is 1.27 bits per heavy atom. The number of hydrogen-bond donors (Lipinski definition) is 1. The highest BCUT2D eigenvalue weighted by atomic mass is 79.9. The molecular formula is C15H13BrN4OS. The molecule has 22 heavy (non-hydrogen) atoms. The molecule has 2 aromatic heterocycles. The monoisotopic (exact) mass is 376 g/mol. The molecule has 1 aromatic carbocycles. The van der Waals surface area contributed by atoms with Crippen molar-refractivity contribution in [3.63, 3.8) is 0 Å². The summed E-state index contributed by atoms with van der Waals surface area (Å²) >= 11 is 4.81. The quantitative estimate of drug-likeness (QED) is 0.752. The van der Waals surface area contributed by atoms with E-state index < -0.39 is 0 Å². The molecule has 0 radical (unpaired) electrons. The highest BCUT2D eigenvalue weighted by molar-refractivity contribution is 9.10. The summed E-state index contributed by atoms with van der Waals surface area (Å²) in [6.45, 7) is 3.76. The Morgan fingerprint density at radius 3 is 2.64 bits per heavy atom. The van der Waals surface area contributed by atoms with Gasteiger partial charge in [-0.1, -0.05) is 15.9 Å². The number of carbonyl (C=O) groups is 1. The number of rotatable bonds is 3. The van der Waals surface area contributed by atoms with E-state index >= 15 is 0 Å². The van der Waals surface area contributed by atoms with Crippen LogP contribution in [0.1, 0.15) is 21.7 Å². The van der Waals surface area contributed by atoms with Crippen LogP contribution in [0.2, 0.25) is 0 Å². The number of hydrogen-bond acceptors (Lipinski definition) is 4. The van der Waals surface area contributed by atoms with Crippen molar-refractivity contribution in [1.29, 1.82) is 0 Å². The predicted octanol–water partition coefficient (Wildman–Crippen LogP) is 3.96. The summed E-state index contributed by atoms with van der Waals surface area (Å²) in [6.07, 6.45) is 1.58. The molecule has 0 bridgehead atoms. The predicted molar refractivity (Wildman–Crippen MR) is 90.8 cm³/mol. The fourth-order valence-corrected chi connectivity index (χ4v) is 3.00. The molecule has 0 aliphatic carbocycles. The maximum Gasteiger partial charge on any atom is 0.260 e. The van der Waals surface area contributed by atoms with Gasteiger partial charge in [-0.2, -0.15) is 5.10 Å². The number of carbonyl (C=O) groups excluding carboxylic acids is 1. The van der Waals surface area contributed by atoms with Crippen molar-refractivity contribution in [1.82, 2.24) is 14.8 Å². The van der Waals surface area contributed by atoms with Crippen molar-refractivity contribution in [3.8, 4) is 5.69 Å². The van der Waals surface area contributed by atoms with E-state index in [0.29, 0.717) is 10.7 Å². The summed E-state index contributed by atoms with van der Waals surface area (Å²) in [6, 6.07) is 7.76. The molecular weight excluding hydrogens is 364 g/mol. The van der Waals surface area contributed by atoms with Crippen LogP contribution in [0.25, 0.3) is 5.69 Å². The van der Waals surface area contributed by atoms with Gasteiger partial charge in [0.1, 0.15) is 0 Å². The second-order valence-corrected chi connectivity index (χ2v) is 6.55. The van der Waals surface area contributed by atoms with Crippen LogP contribution in [-0.4, -0.2) is 20.7 Å². The van der Waals surface area contributed by atoms with Crippen molar-refractivity contribution >= 4 is 38.3 Å². The summed E-state index contributed by atoms with van der Waals surface area (Å²) in [5.74, 6) is -0.199. The van der Waals surface area contributed by atoms with Crippen LogP contribution in [-0.2, 0) is 0 Å². The first-order chi connectivity index (χ1) is 10.5. The van der Waals surface area contributed by atoms with Gasteiger partial charge < -0.3 is 0 Å². The van der Waals surface area contributed by atoms with Crippen molar-refractivity contribution in [2.45, 2.75) is 13.8 Å². The van der Waals surface area contributed by atoms with Crippen molar-refractivity contribution in [2.24, 2.45) is 0 Å². The Bertz CT molecular complexity index is 822. The number of benzene rings is 1. The second kappa shape index (κ2) is 6.02. The minimum Gasteiger partial charge on any atom is -0.298 e. The van der Waals surface area contributed by atoms with Gasteiger partial charge >= 0.3 is 0 Å². The first-order valence-electron chi connectivity index (χ1n) is 6.58. The van der Waals surface area contributed by atoms with Crippen molar-refractivity contribution in [3.05, 3.63) is 57.3 Å². The molecule has 3 aromatic rings. The molecule has 1 N–H and O–H groups in total. The Labute approximate surface area is 140 Å². The maximum atomic E-state index is 12.3. The molecule has 0 saturated heterocycles. The fourth-order valence-electron chi connectivity index (χ4n) is 2.05. The van der Waals surface area contributed by atoms with Gasteiger partial charge in [-0.25, -0.2) is 9.67 Å². The standard InChI is InChI=1S/C15H13BrN4OS/c1-9-8-22-15(18-9)19-14(21)13-7-17-20(10(13)2)12-5-3-11(16)4-6-12/h3-8H,1-2H3,(H,18,19,21). The average Bonchev–Trinajstić information content (AvgIpc) is 3.06. The largest absolute Gasteiger partial charge is 0.298 e. The molecule has 1 amide bonds. The lowest BCUT2D eigenvalue weighted by Crippen LogP contribution is -2.13. The third kappa shape index (κ3) is 2.95. The summed E-state index contributed by atoms with van der Waals surface area (Å²) in [4.78, 5) is 16.6. The zero-order chi connectivity index (χ0) is 15.7. The van der Waals surface area contributed by atoms with Crippen LogP contribution < -0.4 is 5.32 Å². The van der Waals surface area contributed by atoms with Crippen LogP contribution in [0.5, 0.6) is 0 Å². The Balaban J connectivity index is 1.86. The first-order valence-corrected chi connectivity index (χ1v) is 8.26. The highest BCUT2D eigenvalue weighted by Gasteiger charge is 2.16. The van der Waals surface area contributed by atoms with Gasteiger partial charge in [0, 0.05) is 9.85 Å². The van der Waals surface area contributed by atoms with Crippen molar-refractivity contribution in [2.75, 3.05) is 5.32 Å². The Hall–Kier alpha value is -1.99. The smallest absolute Gasteiger partial charge is 0.260 e. The van der Waals surface area contributed by atoms with E-state index in [1.807, 2.05) is 43.5 Å². The molecule has 0 atom stereocenters. The van der Waals surface area contributed by atoms with Gasteiger partial charge in [0.25, 0.3) is 5.91 Å². The molecule has 112 valence electrons. The second-order valence-electron chi connectivity index (χ2n) is 4.78. The number of nitrogens with one attached hydrogen (secondary N) is 1. The number of halogens is 1. The van der Waals surface area contributed by atoms with Gasteiger partial charge in [-0.15, -0.1) is 11.3 Å². The molecule has 0 saturated carbocycles. The Morgan fingerprint density at radius 2 is 2.00 bits per heavy atom. The number of aryl methyl sites for hydroxylation is 1. The van der Waals surface area contributed by atoms with Gasteiger partial charge in [0.15, 0.2) is 5.13 Å². The number of aromatic nitrogens is 3. The molecule has 0 aliphatic heterocycles. The molecule has 0 aliphatic rings. The van der Waals surface area contributed by atoms with Crippen LogP contribution in [0.4, 0.5) is 5.13 Å². The highest BCUT2D eigenvalue weighted by Crippen LogP contribution is 2.19. The molecule has 0 fully saturated rings. The Kier molecular flexibility index (Phi) is 4.08. The van der Waals surface area contributed by atoms with E-state index in [1.165, 1.54) is 11.3 Å². The first kappa shape index (κ1) is 14.9. The molecule has 7 heteroatoms. The number of anilines is 1. The molecule has 0 unspecified atom stereocenters. The minimum atomic E-state index is -0.199. The van der Waals surface area contributed by atoms with Crippen LogP contribution in [0.3, 0.4) is 0 Å². The topological polar surface area (TPSA) is 59.8 Å². The van der Waals surface area contributed by atoms with E-state index in [2.05, 4.69) is 31.3 Å². The summed E-state index contributed by atoms with van der Waals surface area (Å²) in [5.41, 5.74) is 3.12. The van der Waals surface area contributed by atoms with Crippen LogP contribution in [0, 0.1) is 13.8 Å². The van der Waals surface area contributed by atoms with E-state index in [0.717, 1.165) is 21.5 Å². The SMILES string of the molecule is Cc1csc(NC(=O)c2cnn(-c3ccc(Br)cc3)c2C)n1. The molecule has 0 spiro atoms. The molecule has 5 nitrogen and oxygen atoms in total. The number of amides is 1. The number of thiazole rings is 1. The summed E-state index contributed by atoms with van der Waals surface area (Å²) in [7, 11) is 0. The van der Waals surface area contributed by atoms with E-state index in [1.54, 1.807) is 10.9 Å². The van der Waals surface area contributed by atoms with E-state index in [9.17, 15) is 4.79 Å². The van der Waals surface area contributed by atoms with E-state index in [4.69, 9.17) is 0 Å². The van der Waals surface area contributed by atoms with Gasteiger partial charge in [-0.05, 0) is 38.1 Å². The fraction of sp³-hybridized carbons (Fsp3) is 0.133. The zero-order valence-corrected chi connectivity index (χ0v) is 14.4. The normalized spacial score (nSPS) is 10.7. The third-order valence-corrected chi connectivity index (χ3v) is 4.57. The van der Waals surface area contributed by atoms with Crippen LogP contribution >= 0.6 is 27.3 Å². The lowest BCUT2D eigenvalue weighted by molar-refractivity contribution is 0.102. The zero-order valence-electron chi connectivity index (χ0n) is 12.0. The summed E-state index contributed by atoms with van der Waals surface area (Å²) in [5, 5.41) is 9.60. The van der Waals surface area contributed by atoms with Crippen LogP contribution in [0.15, 0.2) is 40.3 Å². The lowest BCUT2D eigenvalue weighted by atomic mass is 10.2. The number of nitrogens with zero attached hydrogens (tertiary/aromatic N) is 3. The maximum absolute atomic E-state index is 12.3. The van der Waals surface area contributed by atoms with Gasteiger partial charge in [-0.3, -0.25) is 10.1 Å². The van der Waals surface area contributed by atoms with E-state index in [-0.39, 0.29) is 5.91 Å². The average molecular weight is 377 g/mol. The molecule has 3 rings (SSSR count). The summed E-state index contributed by atoms with van der Waals surface area (Å²) < 4.78 is 2.74.